The van der Waals surface area contributed by atoms with Crippen molar-refractivity contribution in [3.05, 3.63) is 0 Å². The van der Waals surface area contributed by atoms with E-state index >= 15 is 0 Å². The van der Waals surface area contributed by atoms with Crippen molar-refractivity contribution >= 4 is 24.0 Å². The van der Waals surface area contributed by atoms with Gasteiger partial charge in [0.25, 0.3) is 0 Å². The Balaban J connectivity index is 2.25. The third-order valence-electron chi connectivity index (χ3n) is 5.75. The van der Waals surface area contributed by atoms with Crippen molar-refractivity contribution in [1.29, 1.82) is 0 Å². The Labute approximate surface area is 169 Å². The van der Waals surface area contributed by atoms with E-state index in [9.17, 15) is 29.4 Å². The zero-order chi connectivity index (χ0) is 21.9. The number of nitrogens with zero attached hydrogens (tertiary/aromatic N) is 2. The maximum atomic E-state index is 13.2. The predicted molar refractivity (Wildman–Crippen MR) is 102 cm³/mol. The van der Waals surface area contributed by atoms with Gasteiger partial charge in [0.05, 0.1) is 24.0 Å². The number of aliphatic hydroxyl groups is 2. The third kappa shape index (κ3) is 4.64. The second-order valence-electron chi connectivity index (χ2n) is 7.92. The van der Waals surface area contributed by atoms with Crippen LogP contribution in [0.5, 0.6) is 0 Å². The second-order valence-corrected chi connectivity index (χ2v) is 7.92. The molecule has 2 aliphatic heterocycles. The van der Waals surface area contributed by atoms with Gasteiger partial charge in [-0.1, -0.05) is 0 Å². The van der Waals surface area contributed by atoms with Crippen molar-refractivity contribution in [3.8, 4) is 0 Å². The third-order valence-corrected chi connectivity index (χ3v) is 5.75. The summed E-state index contributed by atoms with van der Waals surface area (Å²) < 4.78 is 0. The van der Waals surface area contributed by atoms with Gasteiger partial charge >= 0.3 is 0 Å². The van der Waals surface area contributed by atoms with E-state index in [-0.39, 0.29) is 25.8 Å². The Morgan fingerprint density at radius 3 is 2.31 bits per heavy atom. The summed E-state index contributed by atoms with van der Waals surface area (Å²) in [6, 6.07) is -1.12. The van der Waals surface area contributed by atoms with Gasteiger partial charge in [-0.3, -0.25) is 29.8 Å². The summed E-state index contributed by atoms with van der Waals surface area (Å²) >= 11 is 0. The highest BCUT2D eigenvalue weighted by molar-refractivity contribution is 6.01. The van der Waals surface area contributed by atoms with Crippen LogP contribution in [-0.2, 0) is 19.2 Å². The fraction of sp³-hybridized carbons (Fsp3) is 0.778. The maximum Gasteiger partial charge on any atom is 0.242 e. The maximum absolute atomic E-state index is 13.2. The Morgan fingerprint density at radius 2 is 1.83 bits per heavy atom. The molecule has 0 aromatic rings. The molecule has 0 aromatic carbocycles. The van der Waals surface area contributed by atoms with E-state index in [2.05, 4.69) is 5.32 Å². The minimum atomic E-state index is -2.20. The molecular weight excluding hydrogens is 382 g/mol. The molecule has 29 heavy (non-hydrogen) atoms. The molecule has 2 rings (SSSR count). The van der Waals surface area contributed by atoms with Gasteiger partial charge in [0.15, 0.2) is 11.9 Å². The van der Waals surface area contributed by atoms with Crippen LogP contribution in [0, 0.1) is 11.8 Å². The summed E-state index contributed by atoms with van der Waals surface area (Å²) in [5.41, 5.74) is 9.50. The fourth-order valence-electron chi connectivity index (χ4n) is 3.64. The van der Waals surface area contributed by atoms with Crippen LogP contribution in [0.3, 0.4) is 0 Å². The molecule has 2 fully saturated rings. The molecule has 7 N–H and O–H groups in total. The highest BCUT2D eigenvalue weighted by Gasteiger charge is 2.49. The van der Waals surface area contributed by atoms with Gasteiger partial charge in [-0.15, -0.1) is 0 Å². The van der Waals surface area contributed by atoms with Crippen molar-refractivity contribution in [2.24, 2.45) is 23.3 Å². The SMILES string of the molecule is C[C@@H](O)[C@H](N)C(=O)N1CC[C@@H](C(=O)N(C(=O)[C@@H]2CCNC2)[C@](N)(C=O)[C@@H](C)O)C1. The first kappa shape index (κ1) is 23.4. The molecule has 0 radical (unpaired) electrons. The lowest BCUT2D eigenvalue weighted by Crippen LogP contribution is -2.69. The number of imide groups is 1. The zero-order valence-corrected chi connectivity index (χ0v) is 16.8. The Morgan fingerprint density at radius 1 is 1.21 bits per heavy atom. The molecule has 11 heteroatoms. The van der Waals surface area contributed by atoms with Crippen molar-refractivity contribution in [1.82, 2.24) is 15.1 Å². The first-order valence-electron chi connectivity index (χ1n) is 9.78. The van der Waals surface area contributed by atoms with E-state index < -0.39 is 53.5 Å². The van der Waals surface area contributed by atoms with E-state index in [1.165, 1.54) is 18.7 Å². The number of aldehydes is 1. The number of nitrogens with one attached hydrogen (secondary N) is 1. The van der Waals surface area contributed by atoms with E-state index in [1.807, 2.05) is 0 Å². The van der Waals surface area contributed by atoms with Crippen LogP contribution in [0.2, 0.25) is 0 Å². The van der Waals surface area contributed by atoms with Crippen molar-refractivity contribution in [2.75, 3.05) is 26.2 Å². The smallest absolute Gasteiger partial charge is 0.242 e. The van der Waals surface area contributed by atoms with Crippen molar-refractivity contribution in [2.45, 2.75) is 50.6 Å². The molecule has 3 amide bonds. The minimum Gasteiger partial charge on any atom is -0.391 e. The molecular formula is C18H31N5O6. The van der Waals surface area contributed by atoms with Gasteiger partial charge in [0, 0.05) is 19.6 Å². The highest BCUT2D eigenvalue weighted by atomic mass is 16.3. The van der Waals surface area contributed by atoms with E-state index in [0.29, 0.717) is 24.4 Å². The quantitative estimate of drug-likeness (QED) is 0.163. The first-order valence-corrected chi connectivity index (χ1v) is 9.78. The highest BCUT2D eigenvalue weighted by Crippen LogP contribution is 2.26. The number of carbonyl (C=O) groups excluding carboxylic acids is 4. The normalized spacial score (nSPS) is 27.0. The number of rotatable bonds is 7. The van der Waals surface area contributed by atoms with Gasteiger partial charge in [0.1, 0.15) is 6.04 Å². The lowest BCUT2D eigenvalue weighted by atomic mass is 9.96. The minimum absolute atomic E-state index is 0.0144. The molecule has 11 nitrogen and oxygen atoms in total. The number of likely N-dealkylation sites (tertiary alicyclic amines) is 1. The lowest BCUT2D eigenvalue weighted by molar-refractivity contribution is -0.164. The van der Waals surface area contributed by atoms with Crippen LogP contribution in [0.1, 0.15) is 26.7 Å². The van der Waals surface area contributed by atoms with Gasteiger partial charge in [-0.05, 0) is 33.2 Å². The molecule has 0 aliphatic carbocycles. The molecule has 2 aliphatic rings. The van der Waals surface area contributed by atoms with Gasteiger partial charge in [-0.2, -0.15) is 0 Å². The fourth-order valence-corrected chi connectivity index (χ4v) is 3.64. The predicted octanol–water partition coefficient (Wildman–Crippen LogP) is -3.26. The van der Waals surface area contributed by atoms with Crippen LogP contribution in [-0.4, -0.2) is 94.1 Å². The van der Waals surface area contributed by atoms with Crippen LogP contribution >= 0.6 is 0 Å². The van der Waals surface area contributed by atoms with Gasteiger partial charge in [0.2, 0.25) is 17.7 Å². The van der Waals surface area contributed by atoms with Crippen molar-refractivity contribution < 1.29 is 29.4 Å². The number of amides is 3. The van der Waals surface area contributed by atoms with Crippen LogP contribution in [0.15, 0.2) is 0 Å². The molecule has 0 saturated carbocycles. The number of carbonyl (C=O) groups is 4. The van der Waals surface area contributed by atoms with Crippen LogP contribution in [0.4, 0.5) is 0 Å². The van der Waals surface area contributed by atoms with E-state index in [1.54, 1.807) is 0 Å². The summed E-state index contributed by atoms with van der Waals surface area (Å²) in [5, 5.41) is 22.6. The molecule has 0 unspecified atom stereocenters. The largest absolute Gasteiger partial charge is 0.391 e. The first-order chi connectivity index (χ1) is 13.5. The summed E-state index contributed by atoms with van der Waals surface area (Å²) in [4.78, 5) is 52.4. The van der Waals surface area contributed by atoms with E-state index in [4.69, 9.17) is 11.5 Å². The Kier molecular flexibility index (Phi) is 7.46. The second kappa shape index (κ2) is 9.26. The Hall–Kier alpha value is -1.92. The van der Waals surface area contributed by atoms with Gasteiger partial charge < -0.3 is 26.2 Å². The standard InChI is InChI=1S/C18H31N5O6/c1-10(25)14(19)17(29)22-6-4-13(8-22)16(28)23(18(20,9-24)11(2)26)15(27)12-3-5-21-7-12/h9-14,21,25-26H,3-8,19-20H2,1-2H3/t10-,11-,12-,13-,14+,18-/m1/s1. The topological polar surface area (TPSA) is 179 Å². The molecule has 164 valence electrons. The summed E-state index contributed by atoms with van der Waals surface area (Å²) in [5.74, 6) is -3.15. The molecule has 0 spiro atoms. The van der Waals surface area contributed by atoms with Gasteiger partial charge in [-0.25, -0.2) is 0 Å². The molecule has 6 atom stereocenters. The van der Waals surface area contributed by atoms with E-state index in [0.717, 1.165) is 0 Å². The molecule has 0 bridgehead atoms. The molecule has 2 heterocycles. The number of nitrogens with two attached hydrogens (primary N) is 2. The molecule has 2 saturated heterocycles. The number of hydrogen-bond donors (Lipinski definition) is 5. The number of hydrogen-bond acceptors (Lipinski definition) is 9. The molecule has 0 aromatic heterocycles. The van der Waals surface area contributed by atoms with Crippen LogP contribution in [0.25, 0.3) is 0 Å². The number of aliphatic hydroxyl groups excluding tert-OH is 2. The Bertz CT molecular complexity index is 651. The monoisotopic (exact) mass is 413 g/mol. The average Bonchev–Trinajstić information content (AvgIpc) is 3.38. The van der Waals surface area contributed by atoms with Crippen molar-refractivity contribution in [3.63, 3.8) is 0 Å². The summed E-state index contributed by atoms with van der Waals surface area (Å²) in [6.07, 6.45) is -1.59. The summed E-state index contributed by atoms with van der Waals surface area (Å²) in [6.45, 7) is 3.77. The zero-order valence-electron chi connectivity index (χ0n) is 16.8. The van der Waals surface area contributed by atoms with Crippen LogP contribution < -0.4 is 16.8 Å². The lowest BCUT2D eigenvalue weighted by Gasteiger charge is -2.39. The average molecular weight is 413 g/mol. The summed E-state index contributed by atoms with van der Waals surface area (Å²) in [7, 11) is 0.